The van der Waals surface area contributed by atoms with Gasteiger partial charge in [-0.3, -0.25) is 20.4 Å². The number of hydrogen-bond donors (Lipinski definition) is 3. The highest BCUT2D eigenvalue weighted by Gasteiger charge is 2.13. The van der Waals surface area contributed by atoms with E-state index in [1.54, 1.807) is 30.5 Å². The number of aromatic nitrogens is 1. The normalized spacial score (nSPS) is 10.0. The van der Waals surface area contributed by atoms with E-state index in [9.17, 15) is 9.59 Å². The van der Waals surface area contributed by atoms with Crippen molar-refractivity contribution >= 4 is 22.7 Å². The van der Waals surface area contributed by atoms with Crippen LogP contribution in [-0.4, -0.2) is 23.4 Å². The predicted molar refractivity (Wildman–Crippen MR) is 90.6 cm³/mol. The Bertz CT molecular complexity index is 972. The molecule has 3 rings (SSSR count). The molecular formula is C18H14N4O3. The zero-order valence-electron chi connectivity index (χ0n) is 13.1. The van der Waals surface area contributed by atoms with Gasteiger partial charge in [-0.05, 0) is 18.2 Å². The molecule has 2 amide bonds. The molecule has 0 unspecified atom stereocenters. The van der Waals surface area contributed by atoms with Crippen LogP contribution in [0.4, 0.5) is 0 Å². The van der Waals surface area contributed by atoms with Gasteiger partial charge in [-0.1, -0.05) is 30.3 Å². The van der Waals surface area contributed by atoms with Gasteiger partial charge >= 0.3 is 0 Å². The minimum Gasteiger partial charge on any atom is -0.482 e. The number of nitrogens with one attached hydrogen (secondary N) is 3. The quantitative estimate of drug-likeness (QED) is 0.633. The number of para-hydroxylation sites is 2. The third-order valence-electron chi connectivity index (χ3n) is 3.52. The van der Waals surface area contributed by atoms with E-state index in [0.717, 1.165) is 10.9 Å². The van der Waals surface area contributed by atoms with Gasteiger partial charge in [0.25, 0.3) is 11.8 Å². The van der Waals surface area contributed by atoms with Crippen LogP contribution in [0.1, 0.15) is 15.9 Å². The number of carbonyl (C=O) groups excluding carboxylic acids is 2. The van der Waals surface area contributed by atoms with Crippen LogP contribution in [0, 0.1) is 11.3 Å². The number of benzene rings is 2. The standard InChI is InChI=1S/C18H14N4O3/c19-9-12-5-1-4-8-16(12)25-11-17(23)21-22-18(24)14-10-20-15-7-3-2-6-13(14)15/h1-8,10,20H,11H2,(H,21,23)(H,22,24). The molecule has 25 heavy (non-hydrogen) atoms. The number of hydrazine groups is 1. The van der Waals surface area contributed by atoms with Crippen molar-refractivity contribution in [2.45, 2.75) is 0 Å². The van der Waals surface area contributed by atoms with Crippen molar-refractivity contribution in [3.63, 3.8) is 0 Å². The van der Waals surface area contributed by atoms with Gasteiger partial charge in [0, 0.05) is 17.1 Å². The summed E-state index contributed by atoms with van der Waals surface area (Å²) in [5.41, 5.74) is 6.20. The molecule has 0 aliphatic carbocycles. The highest BCUT2D eigenvalue weighted by atomic mass is 16.5. The Balaban J connectivity index is 1.55. The van der Waals surface area contributed by atoms with Crippen molar-refractivity contribution in [1.29, 1.82) is 5.26 Å². The summed E-state index contributed by atoms with van der Waals surface area (Å²) in [4.78, 5) is 27.0. The van der Waals surface area contributed by atoms with Crippen LogP contribution in [0.25, 0.3) is 10.9 Å². The van der Waals surface area contributed by atoms with Crippen LogP contribution in [0.5, 0.6) is 5.75 Å². The maximum absolute atomic E-state index is 12.2. The maximum atomic E-state index is 12.2. The van der Waals surface area contributed by atoms with Crippen LogP contribution in [0.15, 0.2) is 54.7 Å². The highest BCUT2D eigenvalue weighted by molar-refractivity contribution is 6.07. The molecule has 0 bridgehead atoms. The molecule has 0 aliphatic heterocycles. The van der Waals surface area contributed by atoms with E-state index in [1.165, 1.54) is 0 Å². The average Bonchev–Trinajstić information content (AvgIpc) is 3.09. The Morgan fingerprint density at radius 1 is 1.08 bits per heavy atom. The molecule has 3 N–H and O–H groups in total. The van der Waals surface area contributed by atoms with Gasteiger partial charge in [0.2, 0.25) is 0 Å². The number of nitriles is 1. The molecule has 0 atom stereocenters. The SMILES string of the molecule is N#Cc1ccccc1OCC(=O)NNC(=O)c1c[nH]c2ccccc12. The molecule has 124 valence electrons. The second-order valence-corrected chi connectivity index (χ2v) is 5.15. The average molecular weight is 334 g/mol. The fourth-order valence-electron chi connectivity index (χ4n) is 2.32. The molecule has 0 saturated heterocycles. The van der Waals surface area contributed by atoms with Crippen LogP contribution in [-0.2, 0) is 4.79 Å². The first-order valence-corrected chi connectivity index (χ1v) is 7.46. The van der Waals surface area contributed by atoms with Crippen LogP contribution >= 0.6 is 0 Å². The number of amides is 2. The maximum Gasteiger partial charge on any atom is 0.276 e. The van der Waals surface area contributed by atoms with Crippen molar-refractivity contribution in [3.8, 4) is 11.8 Å². The lowest BCUT2D eigenvalue weighted by Gasteiger charge is -2.09. The second-order valence-electron chi connectivity index (χ2n) is 5.15. The van der Waals surface area contributed by atoms with E-state index in [0.29, 0.717) is 16.9 Å². The zero-order valence-corrected chi connectivity index (χ0v) is 13.1. The minimum absolute atomic E-state index is 0.308. The zero-order chi connectivity index (χ0) is 17.6. The van der Waals surface area contributed by atoms with E-state index < -0.39 is 11.8 Å². The summed E-state index contributed by atoms with van der Waals surface area (Å²) in [5, 5.41) is 9.72. The van der Waals surface area contributed by atoms with Crippen molar-refractivity contribution in [1.82, 2.24) is 15.8 Å². The lowest BCUT2D eigenvalue weighted by Crippen LogP contribution is -2.43. The fraction of sp³-hybridized carbons (Fsp3) is 0.0556. The summed E-state index contributed by atoms with van der Waals surface area (Å²) in [5.74, 6) is -0.674. The molecule has 1 heterocycles. The first kappa shape index (κ1) is 16.1. The van der Waals surface area contributed by atoms with Crippen molar-refractivity contribution in [2.75, 3.05) is 6.61 Å². The number of rotatable bonds is 4. The largest absolute Gasteiger partial charge is 0.482 e. The Morgan fingerprint density at radius 3 is 2.68 bits per heavy atom. The van der Waals surface area contributed by atoms with E-state index in [-0.39, 0.29) is 6.61 Å². The van der Waals surface area contributed by atoms with Gasteiger partial charge in [-0.2, -0.15) is 5.26 Å². The summed E-state index contributed by atoms with van der Waals surface area (Å²) in [6, 6.07) is 15.9. The van der Waals surface area contributed by atoms with Crippen molar-refractivity contribution < 1.29 is 14.3 Å². The number of H-pyrrole nitrogens is 1. The topological polar surface area (TPSA) is 107 Å². The smallest absolute Gasteiger partial charge is 0.276 e. The molecule has 3 aromatic rings. The third-order valence-corrected chi connectivity index (χ3v) is 3.52. The monoisotopic (exact) mass is 334 g/mol. The van der Waals surface area contributed by atoms with Crippen molar-refractivity contribution in [3.05, 3.63) is 65.9 Å². The van der Waals surface area contributed by atoms with E-state index >= 15 is 0 Å². The van der Waals surface area contributed by atoms with Crippen molar-refractivity contribution in [2.24, 2.45) is 0 Å². The Kier molecular flexibility index (Phi) is 4.62. The van der Waals surface area contributed by atoms with Crippen LogP contribution in [0.3, 0.4) is 0 Å². The summed E-state index contributed by atoms with van der Waals surface area (Å²) >= 11 is 0. The molecule has 0 saturated carbocycles. The fourth-order valence-corrected chi connectivity index (χ4v) is 2.32. The van der Waals surface area contributed by atoms with Gasteiger partial charge in [0.1, 0.15) is 11.8 Å². The number of aromatic amines is 1. The molecule has 7 nitrogen and oxygen atoms in total. The van der Waals surface area contributed by atoms with E-state index in [2.05, 4.69) is 15.8 Å². The molecule has 1 aromatic heterocycles. The lowest BCUT2D eigenvalue weighted by molar-refractivity contribution is -0.123. The van der Waals surface area contributed by atoms with Gasteiger partial charge in [0.05, 0.1) is 11.1 Å². The second kappa shape index (κ2) is 7.19. The van der Waals surface area contributed by atoms with Gasteiger partial charge in [-0.25, -0.2) is 0 Å². The Morgan fingerprint density at radius 2 is 1.84 bits per heavy atom. The minimum atomic E-state index is -0.541. The molecule has 0 spiro atoms. The predicted octanol–water partition coefficient (Wildman–Crippen LogP) is 1.88. The number of fused-ring (bicyclic) bond motifs is 1. The third kappa shape index (κ3) is 3.59. The Hall–Kier alpha value is -3.79. The molecule has 2 aromatic carbocycles. The van der Waals surface area contributed by atoms with Crippen LogP contribution < -0.4 is 15.6 Å². The van der Waals surface area contributed by atoms with E-state index in [4.69, 9.17) is 10.00 Å². The molecular weight excluding hydrogens is 320 g/mol. The number of nitrogens with zero attached hydrogens (tertiary/aromatic N) is 1. The molecule has 0 radical (unpaired) electrons. The first-order valence-electron chi connectivity index (χ1n) is 7.46. The first-order chi connectivity index (χ1) is 12.2. The number of ether oxygens (including phenoxy) is 1. The summed E-state index contributed by atoms with van der Waals surface area (Å²) in [6.45, 7) is -0.327. The molecule has 0 fully saturated rings. The van der Waals surface area contributed by atoms with E-state index in [1.807, 2.05) is 30.3 Å². The van der Waals surface area contributed by atoms with Gasteiger partial charge in [-0.15, -0.1) is 0 Å². The summed E-state index contributed by atoms with van der Waals surface area (Å²) in [7, 11) is 0. The number of carbonyl (C=O) groups is 2. The summed E-state index contributed by atoms with van der Waals surface area (Å²) in [6.07, 6.45) is 1.58. The molecule has 7 heteroatoms. The highest BCUT2D eigenvalue weighted by Crippen LogP contribution is 2.17. The Labute approximate surface area is 143 Å². The molecule has 0 aliphatic rings. The van der Waals surface area contributed by atoms with Gasteiger partial charge in [0.15, 0.2) is 6.61 Å². The lowest BCUT2D eigenvalue weighted by atomic mass is 10.2. The number of hydrogen-bond acceptors (Lipinski definition) is 4. The van der Waals surface area contributed by atoms with Crippen LogP contribution in [0.2, 0.25) is 0 Å². The van der Waals surface area contributed by atoms with Gasteiger partial charge < -0.3 is 9.72 Å². The summed E-state index contributed by atoms with van der Waals surface area (Å²) < 4.78 is 5.29.